The maximum atomic E-state index is 5.90. The van der Waals surface area contributed by atoms with Crippen molar-refractivity contribution < 1.29 is 4.74 Å². The number of nitrogens with zero attached hydrogens (tertiary/aromatic N) is 2. The Morgan fingerprint density at radius 3 is 2.62 bits per heavy atom. The minimum Gasteiger partial charge on any atom is -0.383 e. The second kappa shape index (κ2) is 3.38. The highest BCUT2D eigenvalue weighted by Gasteiger charge is 2.25. The van der Waals surface area contributed by atoms with Gasteiger partial charge in [-0.25, -0.2) is 4.98 Å². The smallest absolute Gasteiger partial charge is 0.129 e. The maximum absolute atomic E-state index is 5.90. The van der Waals surface area contributed by atoms with Gasteiger partial charge in [0.05, 0.1) is 6.33 Å². The molecular weight excluding hydrogens is 166 g/mol. The first kappa shape index (κ1) is 10.1. The number of hydrogen-bond donors (Lipinski definition) is 1. The molecule has 0 saturated carbocycles. The van der Waals surface area contributed by atoms with Crippen LogP contribution in [0, 0.1) is 0 Å². The molecule has 4 nitrogen and oxygen atoms in total. The molecule has 0 aliphatic carbocycles. The molecular formula is C9H17N3O. The summed E-state index contributed by atoms with van der Waals surface area (Å²) >= 11 is 0. The molecule has 0 aromatic carbocycles. The number of rotatable bonds is 3. The van der Waals surface area contributed by atoms with E-state index in [0.29, 0.717) is 5.82 Å². The van der Waals surface area contributed by atoms with Gasteiger partial charge in [-0.1, -0.05) is 0 Å². The number of anilines is 1. The number of hydrogen-bond acceptors (Lipinski definition) is 3. The first-order chi connectivity index (χ1) is 6.03. The van der Waals surface area contributed by atoms with Crippen molar-refractivity contribution in [2.45, 2.75) is 32.9 Å². The summed E-state index contributed by atoms with van der Waals surface area (Å²) < 4.78 is 7.21. The summed E-state index contributed by atoms with van der Waals surface area (Å²) in [5, 5.41) is 0. The molecule has 4 heteroatoms. The average Bonchev–Trinajstić information content (AvgIpc) is 2.47. The fourth-order valence-corrected chi connectivity index (χ4v) is 1.20. The van der Waals surface area contributed by atoms with E-state index < -0.39 is 5.60 Å². The van der Waals surface area contributed by atoms with Gasteiger partial charge in [0.2, 0.25) is 0 Å². The number of aryl methyl sites for hydroxylation is 1. The normalized spacial score (nSPS) is 12.0. The number of aromatic nitrogens is 2. The third-order valence-corrected chi connectivity index (χ3v) is 2.30. The molecule has 0 atom stereocenters. The monoisotopic (exact) mass is 183 g/mol. The number of ether oxygens (including phenoxy) is 1. The van der Waals surface area contributed by atoms with Crippen LogP contribution in [0.25, 0.3) is 0 Å². The highest BCUT2D eigenvalue weighted by atomic mass is 16.5. The highest BCUT2D eigenvalue weighted by molar-refractivity contribution is 5.39. The predicted molar refractivity (Wildman–Crippen MR) is 52.3 cm³/mol. The van der Waals surface area contributed by atoms with Crippen LogP contribution in [-0.2, 0) is 16.9 Å². The van der Waals surface area contributed by atoms with E-state index in [1.807, 2.05) is 25.3 Å². The summed E-state index contributed by atoms with van der Waals surface area (Å²) in [4.78, 5) is 4.24. The average molecular weight is 183 g/mol. The summed E-state index contributed by atoms with van der Waals surface area (Å²) in [5.41, 5.74) is 6.29. The van der Waals surface area contributed by atoms with Gasteiger partial charge in [-0.2, -0.15) is 0 Å². The van der Waals surface area contributed by atoms with Crippen LogP contribution in [0.5, 0.6) is 0 Å². The molecule has 0 radical (unpaired) electrons. The Labute approximate surface area is 78.7 Å². The predicted octanol–water partition coefficient (Wildman–Crippen LogP) is 1.37. The highest BCUT2D eigenvalue weighted by Crippen LogP contribution is 2.26. The first-order valence-electron chi connectivity index (χ1n) is 4.39. The second-order valence-corrected chi connectivity index (χ2v) is 3.48. The number of nitrogen functional groups attached to an aromatic ring is 1. The van der Waals surface area contributed by atoms with Crippen molar-refractivity contribution in [1.29, 1.82) is 0 Å². The van der Waals surface area contributed by atoms with E-state index >= 15 is 0 Å². The Morgan fingerprint density at radius 1 is 1.62 bits per heavy atom. The van der Waals surface area contributed by atoms with E-state index in [2.05, 4.69) is 4.98 Å². The van der Waals surface area contributed by atoms with Crippen LogP contribution in [0.3, 0.4) is 0 Å². The van der Waals surface area contributed by atoms with Gasteiger partial charge in [0.15, 0.2) is 0 Å². The van der Waals surface area contributed by atoms with Gasteiger partial charge < -0.3 is 15.0 Å². The Bertz CT molecular complexity index is 291. The van der Waals surface area contributed by atoms with Crippen LogP contribution in [0.15, 0.2) is 6.33 Å². The van der Waals surface area contributed by atoms with Gasteiger partial charge in [0.25, 0.3) is 0 Å². The zero-order valence-corrected chi connectivity index (χ0v) is 8.66. The molecule has 0 unspecified atom stereocenters. The molecule has 0 saturated heterocycles. The number of methoxy groups -OCH3 is 1. The van der Waals surface area contributed by atoms with Crippen molar-refractivity contribution in [3.63, 3.8) is 0 Å². The van der Waals surface area contributed by atoms with E-state index in [-0.39, 0.29) is 0 Å². The van der Waals surface area contributed by atoms with Gasteiger partial charge in [0.1, 0.15) is 17.1 Å². The van der Waals surface area contributed by atoms with Crippen LogP contribution in [0.4, 0.5) is 5.82 Å². The van der Waals surface area contributed by atoms with Gasteiger partial charge >= 0.3 is 0 Å². The molecule has 0 spiro atoms. The quantitative estimate of drug-likeness (QED) is 0.770. The topological polar surface area (TPSA) is 53.1 Å². The van der Waals surface area contributed by atoms with Crippen LogP contribution in [-0.4, -0.2) is 16.7 Å². The van der Waals surface area contributed by atoms with Crippen LogP contribution in [0.2, 0.25) is 0 Å². The van der Waals surface area contributed by atoms with Gasteiger partial charge in [-0.05, 0) is 20.8 Å². The van der Waals surface area contributed by atoms with E-state index in [4.69, 9.17) is 10.5 Å². The standard InChI is InChI=1S/C9H17N3O/c1-5-12-6-11-7(8(12)10)9(2,3)13-4/h6H,5,10H2,1-4H3. The lowest BCUT2D eigenvalue weighted by Gasteiger charge is -2.21. The maximum Gasteiger partial charge on any atom is 0.129 e. The molecule has 2 N–H and O–H groups in total. The lowest BCUT2D eigenvalue weighted by molar-refractivity contribution is 0.0164. The van der Waals surface area contributed by atoms with Crippen molar-refractivity contribution in [3.8, 4) is 0 Å². The molecule has 0 aliphatic rings. The summed E-state index contributed by atoms with van der Waals surface area (Å²) in [6, 6.07) is 0. The SMILES string of the molecule is CCn1cnc(C(C)(C)OC)c1N. The Kier molecular flexibility index (Phi) is 2.61. The molecule has 1 aromatic rings. The molecule has 74 valence electrons. The van der Waals surface area contributed by atoms with E-state index in [1.54, 1.807) is 13.4 Å². The lowest BCUT2D eigenvalue weighted by Crippen LogP contribution is -2.22. The summed E-state index contributed by atoms with van der Waals surface area (Å²) in [7, 11) is 1.66. The lowest BCUT2D eigenvalue weighted by atomic mass is 10.1. The van der Waals surface area contributed by atoms with Gasteiger partial charge in [0, 0.05) is 13.7 Å². The van der Waals surface area contributed by atoms with Crippen molar-refractivity contribution in [2.24, 2.45) is 0 Å². The van der Waals surface area contributed by atoms with Gasteiger partial charge in [-0.15, -0.1) is 0 Å². The van der Waals surface area contributed by atoms with Crippen LogP contribution >= 0.6 is 0 Å². The van der Waals surface area contributed by atoms with Gasteiger partial charge in [-0.3, -0.25) is 0 Å². The molecule has 0 aliphatic heterocycles. The largest absolute Gasteiger partial charge is 0.383 e. The fraction of sp³-hybridized carbons (Fsp3) is 0.667. The molecule has 13 heavy (non-hydrogen) atoms. The molecule has 1 aromatic heterocycles. The zero-order chi connectivity index (χ0) is 10.1. The first-order valence-corrected chi connectivity index (χ1v) is 4.39. The number of nitrogens with two attached hydrogens (primary N) is 1. The fourth-order valence-electron chi connectivity index (χ4n) is 1.20. The molecule has 1 heterocycles. The van der Waals surface area contributed by atoms with Crippen molar-refractivity contribution in [1.82, 2.24) is 9.55 Å². The third kappa shape index (κ3) is 1.67. The van der Waals surface area contributed by atoms with E-state index in [9.17, 15) is 0 Å². The molecule has 0 fully saturated rings. The van der Waals surface area contributed by atoms with Crippen LogP contribution < -0.4 is 5.73 Å². The van der Waals surface area contributed by atoms with E-state index in [1.165, 1.54) is 0 Å². The Hall–Kier alpha value is -1.03. The zero-order valence-electron chi connectivity index (χ0n) is 8.66. The van der Waals surface area contributed by atoms with E-state index in [0.717, 1.165) is 12.2 Å². The van der Waals surface area contributed by atoms with Crippen molar-refractivity contribution in [2.75, 3.05) is 12.8 Å². The minimum absolute atomic E-state index is 0.412. The third-order valence-electron chi connectivity index (χ3n) is 2.30. The van der Waals surface area contributed by atoms with Crippen molar-refractivity contribution >= 4 is 5.82 Å². The Morgan fingerprint density at radius 2 is 2.23 bits per heavy atom. The summed E-state index contributed by atoms with van der Waals surface area (Å²) in [6.07, 6.45) is 1.74. The number of imidazole rings is 1. The summed E-state index contributed by atoms with van der Waals surface area (Å²) in [5.74, 6) is 0.689. The molecule has 0 bridgehead atoms. The Balaban J connectivity index is 3.09. The summed E-state index contributed by atoms with van der Waals surface area (Å²) in [6.45, 7) is 6.76. The minimum atomic E-state index is -0.412. The molecule has 0 amide bonds. The van der Waals surface area contributed by atoms with Crippen molar-refractivity contribution in [3.05, 3.63) is 12.0 Å². The second-order valence-electron chi connectivity index (χ2n) is 3.48. The van der Waals surface area contributed by atoms with Crippen LogP contribution in [0.1, 0.15) is 26.5 Å². The molecule has 1 rings (SSSR count).